The van der Waals surface area contributed by atoms with Crippen LogP contribution in [0.1, 0.15) is 11.1 Å². The molecule has 0 atom stereocenters. The number of anilines is 1. The highest BCUT2D eigenvalue weighted by Crippen LogP contribution is 2.12. The van der Waals surface area contributed by atoms with Crippen molar-refractivity contribution in [1.82, 2.24) is 4.98 Å². The largest absolute Gasteiger partial charge is 0.392 e. The van der Waals surface area contributed by atoms with Gasteiger partial charge in [0.1, 0.15) is 5.82 Å². The van der Waals surface area contributed by atoms with Crippen molar-refractivity contribution in [3.05, 3.63) is 58.2 Å². The zero-order valence-electron chi connectivity index (χ0n) is 9.23. The van der Waals surface area contributed by atoms with Gasteiger partial charge in [0.05, 0.1) is 6.61 Å². The molecule has 0 aliphatic carbocycles. The van der Waals surface area contributed by atoms with E-state index in [4.69, 9.17) is 5.11 Å². The lowest BCUT2D eigenvalue weighted by atomic mass is 10.1. The van der Waals surface area contributed by atoms with Crippen molar-refractivity contribution in [2.75, 3.05) is 5.32 Å². The average molecular weight is 293 g/mol. The number of aliphatic hydroxyl groups is 1. The van der Waals surface area contributed by atoms with E-state index in [9.17, 15) is 0 Å². The number of pyridine rings is 1. The molecule has 0 unspecified atom stereocenters. The maximum Gasteiger partial charge on any atom is 0.126 e. The van der Waals surface area contributed by atoms with Crippen molar-refractivity contribution in [2.24, 2.45) is 0 Å². The third kappa shape index (κ3) is 3.54. The zero-order chi connectivity index (χ0) is 12.1. The maximum atomic E-state index is 8.93. The number of hydrogen-bond donors (Lipinski definition) is 2. The first-order chi connectivity index (χ1) is 8.28. The van der Waals surface area contributed by atoms with Crippen molar-refractivity contribution in [1.29, 1.82) is 0 Å². The average Bonchev–Trinajstić information content (AvgIpc) is 2.39. The Morgan fingerprint density at radius 2 is 1.76 bits per heavy atom. The molecule has 88 valence electrons. The van der Waals surface area contributed by atoms with E-state index in [-0.39, 0.29) is 6.61 Å². The second kappa shape index (κ2) is 5.80. The molecule has 2 rings (SSSR count). The molecule has 0 bridgehead atoms. The molecule has 0 amide bonds. The summed E-state index contributed by atoms with van der Waals surface area (Å²) in [5.74, 6) is 0.847. The second-order valence-corrected chi connectivity index (χ2v) is 4.61. The summed E-state index contributed by atoms with van der Waals surface area (Å²) in [6, 6.07) is 11.7. The molecule has 0 aliphatic heterocycles. The second-order valence-electron chi connectivity index (χ2n) is 3.69. The van der Waals surface area contributed by atoms with E-state index in [2.05, 4.69) is 26.2 Å². The predicted octanol–water partition coefficient (Wildman–Crippen LogP) is 2.95. The van der Waals surface area contributed by atoms with E-state index in [1.165, 1.54) is 0 Å². The van der Waals surface area contributed by atoms with Crippen LogP contribution in [0.5, 0.6) is 0 Å². The summed E-state index contributed by atoms with van der Waals surface area (Å²) in [6.07, 6.45) is 1.76. The molecule has 0 spiro atoms. The SMILES string of the molecule is OCc1ccc(CNc2ccc(Br)cn2)cc1. The van der Waals surface area contributed by atoms with Gasteiger partial charge in [-0.1, -0.05) is 24.3 Å². The standard InChI is InChI=1S/C13H13BrN2O/c14-12-5-6-13(16-8-12)15-7-10-1-3-11(9-17)4-2-10/h1-6,8,17H,7,9H2,(H,15,16). The lowest BCUT2D eigenvalue weighted by molar-refractivity contribution is 0.282. The highest BCUT2D eigenvalue weighted by molar-refractivity contribution is 9.10. The Morgan fingerprint density at radius 3 is 2.35 bits per heavy atom. The van der Waals surface area contributed by atoms with Crippen molar-refractivity contribution >= 4 is 21.7 Å². The van der Waals surface area contributed by atoms with E-state index in [1.54, 1.807) is 6.20 Å². The van der Waals surface area contributed by atoms with Crippen LogP contribution in [-0.4, -0.2) is 10.1 Å². The topological polar surface area (TPSA) is 45.1 Å². The van der Waals surface area contributed by atoms with Gasteiger partial charge < -0.3 is 10.4 Å². The molecule has 2 N–H and O–H groups in total. The Kier molecular flexibility index (Phi) is 4.12. The molecule has 0 aliphatic rings. The van der Waals surface area contributed by atoms with Crippen LogP contribution in [0.25, 0.3) is 0 Å². The molecule has 3 nitrogen and oxygen atoms in total. The normalized spacial score (nSPS) is 10.2. The number of aromatic nitrogens is 1. The van der Waals surface area contributed by atoms with Gasteiger partial charge in [-0.2, -0.15) is 0 Å². The summed E-state index contributed by atoms with van der Waals surface area (Å²) in [4.78, 5) is 4.23. The maximum absolute atomic E-state index is 8.93. The van der Waals surface area contributed by atoms with Gasteiger partial charge in [0.15, 0.2) is 0 Å². The molecule has 0 saturated heterocycles. The highest BCUT2D eigenvalue weighted by Gasteiger charge is 1.96. The van der Waals surface area contributed by atoms with Crippen LogP contribution in [0.3, 0.4) is 0 Å². The fraction of sp³-hybridized carbons (Fsp3) is 0.154. The highest BCUT2D eigenvalue weighted by atomic mass is 79.9. The van der Waals surface area contributed by atoms with Crippen LogP contribution in [-0.2, 0) is 13.2 Å². The van der Waals surface area contributed by atoms with E-state index in [1.807, 2.05) is 36.4 Å². The van der Waals surface area contributed by atoms with Crippen LogP contribution in [0, 0.1) is 0 Å². The lowest BCUT2D eigenvalue weighted by Gasteiger charge is -2.06. The summed E-state index contributed by atoms with van der Waals surface area (Å²) < 4.78 is 0.968. The Hall–Kier alpha value is -1.39. The Labute approximate surface area is 109 Å². The van der Waals surface area contributed by atoms with Crippen molar-refractivity contribution in [2.45, 2.75) is 13.2 Å². The summed E-state index contributed by atoms with van der Waals surface area (Å²) in [6.45, 7) is 0.808. The molecule has 1 aromatic carbocycles. The summed E-state index contributed by atoms with van der Waals surface area (Å²) in [5, 5.41) is 12.2. The quantitative estimate of drug-likeness (QED) is 0.911. The van der Waals surface area contributed by atoms with Gasteiger partial charge in [0.25, 0.3) is 0 Å². The van der Waals surface area contributed by atoms with Gasteiger partial charge >= 0.3 is 0 Å². The van der Waals surface area contributed by atoms with Gasteiger partial charge in [-0.15, -0.1) is 0 Å². The minimum Gasteiger partial charge on any atom is -0.392 e. The fourth-order valence-electron chi connectivity index (χ4n) is 1.44. The molecular formula is C13H13BrN2O. The number of rotatable bonds is 4. The summed E-state index contributed by atoms with van der Waals surface area (Å²) >= 11 is 3.34. The molecule has 17 heavy (non-hydrogen) atoms. The minimum atomic E-state index is 0.0853. The van der Waals surface area contributed by atoms with E-state index >= 15 is 0 Å². The Balaban J connectivity index is 1.95. The van der Waals surface area contributed by atoms with Gasteiger partial charge in [0, 0.05) is 17.2 Å². The lowest BCUT2D eigenvalue weighted by Crippen LogP contribution is -2.01. The molecular weight excluding hydrogens is 280 g/mol. The van der Waals surface area contributed by atoms with Crippen LogP contribution < -0.4 is 5.32 Å². The minimum absolute atomic E-state index is 0.0853. The van der Waals surface area contributed by atoms with Crippen molar-refractivity contribution < 1.29 is 5.11 Å². The van der Waals surface area contributed by atoms with Crippen molar-refractivity contribution in [3.63, 3.8) is 0 Å². The molecule has 1 heterocycles. The van der Waals surface area contributed by atoms with E-state index < -0.39 is 0 Å². The third-order valence-electron chi connectivity index (χ3n) is 2.41. The van der Waals surface area contributed by atoms with Gasteiger partial charge in [-0.3, -0.25) is 0 Å². The number of hydrogen-bond acceptors (Lipinski definition) is 3. The first-order valence-electron chi connectivity index (χ1n) is 5.32. The molecule has 1 aromatic heterocycles. The number of halogens is 1. The summed E-state index contributed by atoms with van der Waals surface area (Å²) in [5.41, 5.74) is 2.09. The van der Waals surface area contributed by atoms with Crippen LogP contribution in [0.4, 0.5) is 5.82 Å². The van der Waals surface area contributed by atoms with Crippen LogP contribution >= 0.6 is 15.9 Å². The number of aliphatic hydroxyl groups excluding tert-OH is 1. The molecule has 0 fully saturated rings. The van der Waals surface area contributed by atoms with Gasteiger partial charge in [0.2, 0.25) is 0 Å². The predicted molar refractivity (Wildman–Crippen MR) is 71.6 cm³/mol. The Bertz CT molecular complexity index is 468. The first kappa shape index (κ1) is 12.1. The van der Waals surface area contributed by atoms with Gasteiger partial charge in [-0.25, -0.2) is 4.98 Å². The molecule has 0 radical (unpaired) electrons. The molecule has 0 saturated carbocycles. The Morgan fingerprint density at radius 1 is 1.06 bits per heavy atom. The smallest absolute Gasteiger partial charge is 0.126 e. The monoisotopic (exact) mass is 292 g/mol. The first-order valence-corrected chi connectivity index (χ1v) is 6.11. The van der Waals surface area contributed by atoms with Crippen LogP contribution in [0.15, 0.2) is 47.1 Å². The van der Waals surface area contributed by atoms with E-state index in [0.29, 0.717) is 0 Å². The van der Waals surface area contributed by atoms with Crippen LogP contribution in [0.2, 0.25) is 0 Å². The van der Waals surface area contributed by atoms with Crippen molar-refractivity contribution in [3.8, 4) is 0 Å². The third-order valence-corrected chi connectivity index (χ3v) is 2.88. The molecule has 4 heteroatoms. The van der Waals surface area contributed by atoms with E-state index in [0.717, 1.165) is 28.0 Å². The number of benzene rings is 1. The van der Waals surface area contributed by atoms with Gasteiger partial charge in [-0.05, 0) is 39.2 Å². The zero-order valence-corrected chi connectivity index (χ0v) is 10.8. The fourth-order valence-corrected chi connectivity index (χ4v) is 1.67. The summed E-state index contributed by atoms with van der Waals surface area (Å²) in [7, 11) is 0. The molecule has 2 aromatic rings. The number of nitrogens with zero attached hydrogens (tertiary/aromatic N) is 1. The number of nitrogens with one attached hydrogen (secondary N) is 1.